The molecule has 0 unspecified atom stereocenters. The van der Waals surface area contributed by atoms with Crippen LogP contribution in [0.2, 0.25) is 0 Å². The molecule has 1 aliphatic rings. The number of carbonyl (C=O) groups excluding carboxylic acids is 1. The van der Waals surface area contributed by atoms with Crippen LogP contribution in [0.25, 0.3) is 0 Å². The smallest absolute Gasteiger partial charge is 0.251 e. The van der Waals surface area contributed by atoms with Gasteiger partial charge in [-0.1, -0.05) is 13.8 Å². The summed E-state index contributed by atoms with van der Waals surface area (Å²) in [5, 5.41) is 6.50. The van der Waals surface area contributed by atoms with Gasteiger partial charge in [0.15, 0.2) is 0 Å². The zero-order chi connectivity index (χ0) is 15.3. The van der Waals surface area contributed by atoms with Crippen molar-refractivity contribution in [3.05, 3.63) is 29.3 Å². The van der Waals surface area contributed by atoms with Gasteiger partial charge in [-0.25, -0.2) is 0 Å². The molecule has 0 spiro atoms. The monoisotopic (exact) mass is 306 g/mol. The third-order valence-corrected chi connectivity index (χ3v) is 6.19. The number of anilines is 1. The molecular formula is C17H26N2OS. The number of fused-ring (bicyclic) bond motifs is 1. The first-order valence-corrected chi connectivity index (χ1v) is 9.06. The van der Waals surface area contributed by atoms with Crippen molar-refractivity contribution in [1.29, 1.82) is 0 Å². The maximum atomic E-state index is 12.4. The van der Waals surface area contributed by atoms with Crippen molar-refractivity contribution >= 4 is 23.4 Å². The lowest BCUT2D eigenvalue weighted by Gasteiger charge is -2.29. The van der Waals surface area contributed by atoms with Gasteiger partial charge in [-0.15, -0.1) is 0 Å². The van der Waals surface area contributed by atoms with E-state index in [0.717, 1.165) is 44.3 Å². The summed E-state index contributed by atoms with van der Waals surface area (Å²) in [7, 11) is 0. The number of thioether (sulfide) groups is 1. The Morgan fingerprint density at radius 3 is 2.81 bits per heavy atom. The van der Waals surface area contributed by atoms with Crippen molar-refractivity contribution < 1.29 is 4.79 Å². The number of rotatable bonds is 6. The highest BCUT2D eigenvalue weighted by atomic mass is 32.2. The topological polar surface area (TPSA) is 41.1 Å². The molecule has 0 saturated carbocycles. The molecule has 4 heteroatoms. The minimum absolute atomic E-state index is 0.0451. The minimum Gasteiger partial charge on any atom is -0.385 e. The lowest BCUT2D eigenvalue weighted by molar-refractivity contribution is 0.0949. The quantitative estimate of drug-likeness (QED) is 0.842. The number of carbonyl (C=O) groups is 1. The maximum Gasteiger partial charge on any atom is 0.251 e. The predicted molar refractivity (Wildman–Crippen MR) is 92.4 cm³/mol. The van der Waals surface area contributed by atoms with Gasteiger partial charge in [0.05, 0.1) is 0 Å². The lowest BCUT2D eigenvalue weighted by Crippen LogP contribution is -2.39. The van der Waals surface area contributed by atoms with E-state index < -0.39 is 0 Å². The van der Waals surface area contributed by atoms with Crippen molar-refractivity contribution in [2.24, 2.45) is 0 Å². The Morgan fingerprint density at radius 1 is 1.38 bits per heavy atom. The zero-order valence-corrected chi connectivity index (χ0v) is 14.1. The molecule has 0 aliphatic carbocycles. The average molecular weight is 306 g/mol. The normalized spacial score (nSPS) is 14.2. The molecule has 0 fully saturated rings. The molecule has 1 heterocycles. The summed E-state index contributed by atoms with van der Waals surface area (Å²) in [6.45, 7) is 6.14. The molecular weight excluding hydrogens is 280 g/mol. The van der Waals surface area contributed by atoms with Crippen molar-refractivity contribution in [2.75, 3.05) is 24.7 Å². The molecule has 1 amide bonds. The number of amides is 1. The standard InChI is InChI=1S/C17H26N2OS/c1-4-17(5-2,21-3)12-19-16(20)14-8-9-15-13(11-14)7-6-10-18-15/h8-9,11,18H,4-7,10,12H2,1-3H3,(H,19,20). The van der Waals surface area contributed by atoms with Crippen LogP contribution in [-0.4, -0.2) is 30.0 Å². The van der Waals surface area contributed by atoms with Crippen LogP contribution in [0.3, 0.4) is 0 Å². The van der Waals surface area contributed by atoms with E-state index in [1.54, 1.807) is 0 Å². The molecule has 1 aliphatic heterocycles. The second-order valence-corrected chi connectivity index (χ2v) is 6.95. The molecule has 0 radical (unpaired) electrons. The van der Waals surface area contributed by atoms with Crippen LogP contribution in [0.4, 0.5) is 5.69 Å². The Bertz CT molecular complexity index is 489. The van der Waals surface area contributed by atoms with Crippen LogP contribution >= 0.6 is 11.8 Å². The second-order valence-electron chi connectivity index (χ2n) is 5.68. The highest BCUT2D eigenvalue weighted by Gasteiger charge is 2.25. The van der Waals surface area contributed by atoms with Crippen LogP contribution < -0.4 is 10.6 Å². The maximum absolute atomic E-state index is 12.4. The first kappa shape index (κ1) is 16.2. The molecule has 116 valence electrons. The van der Waals surface area contributed by atoms with Crippen LogP contribution in [-0.2, 0) is 6.42 Å². The zero-order valence-electron chi connectivity index (χ0n) is 13.3. The second kappa shape index (κ2) is 7.21. The van der Waals surface area contributed by atoms with Crippen LogP contribution in [0.1, 0.15) is 49.0 Å². The summed E-state index contributed by atoms with van der Waals surface area (Å²) in [6.07, 6.45) is 6.46. The summed E-state index contributed by atoms with van der Waals surface area (Å²) in [6, 6.07) is 5.99. The van der Waals surface area contributed by atoms with E-state index in [1.165, 1.54) is 11.3 Å². The molecule has 2 rings (SSSR count). The van der Waals surface area contributed by atoms with E-state index in [2.05, 4.69) is 30.7 Å². The van der Waals surface area contributed by atoms with Gasteiger partial charge in [-0.2, -0.15) is 11.8 Å². The SMILES string of the molecule is CCC(CC)(CNC(=O)c1ccc2c(c1)CCCN2)SC. The van der Waals surface area contributed by atoms with Crippen molar-refractivity contribution in [3.8, 4) is 0 Å². The molecule has 0 aromatic heterocycles. The van der Waals surface area contributed by atoms with E-state index in [9.17, 15) is 4.79 Å². The van der Waals surface area contributed by atoms with Crippen LogP contribution in [0, 0.1) is 0 Å². The number of hydrogen-bond acceptors (Lipinski definition) is 3. The Morgan fingerprint density at radius 2 is 2.14 bits per heavy atom. The van der Waals surface area contributed by atoms with E-state index in [0.29, 0.717) is 0 Å². The molecule has 0 saturated heterocycles. The first-order chi connectivity index (χ1) is 10.1. The third-order valence-electron chi connectivity index (χ3n) is 4.60. The molecule has 3 nitrogen and oxygen atoms in total. The van der Waals surface area contributed by atoms with Crippen molar-refractivity contribution in [2.45, 2.75) is 44.3 Å². The fraction of sp³-hybridized carbons (Fsp3) is 0.588. The number of benzene rings is 1. The highest BCUT2D eigenvalue weighted by Crippen LogP contribution is 2.29. The summed E-state index contributed by atoms with van der Waals surface area (Å²) in [5.41, 5.74) is 3.22. The largest absolute Gasteiger partial charge is 0.385 e. The summed E-state index contributed by atoms with van der Waals surface area (Å²) < 4.78 is 0.158. The van der Waals surface area contributed by atoms with Gasteiger partial charge < -0.3 is 10.6 Å². The Hall–Kier alpha value is -1.16. The lowest BCUT2D eigenvalue weighted by atomic mass is 9.99. The fourth-order valence-corrected chi connectivity index (χ4v) is 3.61. The van der Waals surface area contributed by atoms with E-state index in [-0.39, 0.29) is 10.7 Å². The van der Waals surface area contributed by atoms with Gasteiger partial charge >= 0.3 is 0 Å². The van der Waals surface area contributed by atoms with Gasteiger partial charge in [0, 0.05) is 29.1 Å². The van der Waals surface area contributed by atoms with Crippen LogP contribution in [0.15, 0.2) is 18.2 Å². The molecule has 21 heavy (non-hydrogen) atoms. The third kappa shape index (κ3) is 3.73. The highest BCUT2D eigenvalue weighted by molar-refractivity contribution is 8.00. The van der Waals surface area contributed by atoms with Crippen molar-refractivity contribution in [3.63, 3.8) is 0 Å². The first-order valence-electron chi connectivity index (χ1n) is 7.84. The Kier molecular flexibility index (Phi) is 5.57. The van der Waals surface area contributed by atoms with E-state index in [1.807, 2.05) is 30.0 Å². The molecule has 1 aromatic rings. The summed E-state index contributed by atoms with van der Waals surface area (Å²) in [5.74, 6) is 0.0451. The summed E-state index contributed by atoms with van der Waals surface area (Å²) >= 11 is 1.85. The molecule has 2 N–H and O–H groups in total. The van der Waals surface area contributed by atoms with Crippen molar-refractivity contribution in [1.82, 2.24) is 5.32 Å². The summed E-state index contributed by atoms with van der Waals surface area (Å²) in [4.78, 5) is 12.4. The van der Waals surface area contributed by atoms with E-state index in [4.69, 9.17) is 0 Å². The number of hydrogen-bond donors (Lipinski definition) is 2. The van der Waals surface area contributed by atoms with Gasteiger partial charge in [0.25, 0.3) is 5.91 Å². The molecule has 0 atom stereocenters. The van der Waals surface area contributed by atoms with Gasteiger partial charge in [0.1, 0.15) is 0 Å². The van der Waals surface area contributed by atoms with Gasteiger partial charge in [0.2, 0.25) is 0 Å². The average Bonchev–Trinajstić information content (AvgIpc) is 2.56. The molecule has 0 bridgehead atoms. The predicted octanol–water partition coefficient (Wildman–Crippen LogP) is 3.70. The Labute approximate surface area is 132 Å². The van der Waals surface area contributed by atoms with Crippen LogP contribution in [0.5, 0.6) is 0 Å². The molecule has 1 aromatic carbocycles. The van der Waals surface area contributed by atoms with Gasteiger partial charge in [-0.05, 0) is 55.7 Å². The number of nitrogens with one attached hydrogen (secondary N) is 2. The van der Waals surface area contributed by atoms with Gasteiger partial charge in [-0.3, -0.25) is 4.79 Å². The number of aryl methyl sites for hydroxylation is 1. The minimum atomic E-state index is 0.0451. The van der Waals surface area contributed by atoms with E-state index >= 15 is 0 Å². The fourth-order valence-electron chi connectivity index (χ4n) is 2.82. The Balaban J connectivity index is 2.03.